The van der Waals surface area contributed by atoms with E-state index in [4.69, 9.17) is 17.3 Å². The van der Waals surface area contributed by atoms with Gasteiger partial charge in [-0.3, -0.25) is 4.72 Å². The standard InChI is InChI=1S/C14H14ClFN2O2S/c15-12-2-1-3-13(14(12)16)18-21(19,20)9-11-6-4-10(8-17)5-7-11/h1-7,18H,8-9,17H2. The van der Waals surface area contributed by atoms with Crippen LogP contribution in [0.15, 0.2) is 42.5 Å². The van der Waals surface area contributed by atoms with Gasteiger partial charge in [-0.25, -0.2) is 12.8 Å². The van der Waals surface area contributed by atoms with Crippen LogP contribution < -0.4 is 10.5 Å². The molecule has 0 aliphatic rings. The summed E-state index contributed by atoms with van der Waals surface area (Å²) in [5.41, 5.74) is 6.80. The Balaban J connectivity index is 2.16. The normalized spacial score (nSPS) is 11.4. The number of halogens is 2. The van der Waals surface area contributed by atoms with Gasteiger partial charge in [-0.1, -0.05) is 41.9 Å². The molecule has 0 heterocycles. The second kappa shape index (κ2) is 6.43. The highest BCUT2D eigenvalue weighted by Crippen LogP contribution is 2.23. The summed E-state index contributed by atoms with van der Waals surface area (Å²) >= 11 is 5.61. The number of benzene rings is 2. The van der Waals surface area contributed by atoms with Gasteiger partial charge in [0.1, 0.15) is 0 Å². The third-order valence-electron chi connectivity index (χ3n) is 2.83. The molecule has 0 amide bonds. The second-order valence-electron chi connectivity index (χ2n) is 4.48. The summed E-state index contributed by atoms with van der Waals surface area (Å²) in [5, 5.41) is -0.137. The topological polar surface area (TPSA) is 72.2 Å². The van der Waals surface area contributed by atoms with Crippen molar-refractivity contribution < 1.29 is 12.8 Å². The molecule has 0 aliphatic carbocycles. The molecular formula is C14H14ClFN2O2S. The first kappa shape index (κ1) is 15.8. The maximum absolute atomic E-state index is 13.7. The van der Waals surface area contributed by atoms with Gasteiger partial charge in [0, 0.05) is 6.54 Å². The maximum Gasteiger partial charge on any atom is 0.237 e. The van der Waals surface area contributed by atoms with E-state index in [-0.39, 0.29) is 16.5 Å². The van der Waals surface area contributed by atoms with Gasteiger partial charge in [0.05, 0.1) is 16.5 Å². The first-order valence-corrected chi connectivity index (χ1v) is 8.17. The van der Waals surface area contributed by atoms with Crippen molar-refractivity contribution in [2.24, 2.45) is 5.73 Å². The van der Waals surface area contributed by atoms with Gasteiger partial charge < -0.3 is 5.73 Å². The van der Waals surface area contributed by atoms with Crippen molar-refractivity contribution in [2.45, 2.75) is 12.3 Å². The Morgan fingerprint density at radius 1 is 1.10 bits per heavy atom. The molecule has 2 aromatic carbocycles. The van der Waals surface area contributed by atoms with E-state index in [0.717, 1.165) is 5.56 Å². The first-order chi connectivity index (χ1) is 9.91. The lowest BCUT2D eigenvalue weighted by atomic mass is 10.1. The van der Waals surface area contributed by atoms with Crippen LogP contribution in [0.25, 0.3) is 0 Å². The molecule has 0 saturated carbocycles. The van der Waals surface area contributed by atoms with E-state index in [2.05, 4.69) is 4.72 Å². The zero-order chi connectivity index (χ0) is 15.5. The summed E-state index contributed by atoms with van der Waals surface area (Å²) in [5.74, 6) is -1.05. The molecule has 0 radical (unpaired) electrons. The van der Waals surface area contributed by atoms with Crippen LogP contribution >= 0.6 is 11.6 Å². The average molecular weight is 329 g/mol. The van der Waals surface area contributed by atoms with E-state index in [1.807, 2.05) is 0 Å². The highest BCUT2D eigenvalue weighted by Gasteiger charge is 2.15. The molecule has 2 aromatic rings. The molecule has 0 fully saturated rings. The van der Waals surface area contributed by atoms with Gasteiger partial charge in [0.25, 0.3) is 0 Å². The number of rotatable bonds is 5. The van der Waals surface area contributed by atoms with Crippen LogP contribution in [0.5, 0.6) is 0 Å². The fraction of sp³-hybridized carbons (Fsp3) is 0.143. The minimum atomic E-state index is -3.73. The van der Waals surface area contributed by atoms with E-state index in [0.29, 0.717) is 12.1 Å². The maximum atomic E-state index is 13.7. The minimum absolute atomic E-state index is 0.137. The Bertz CT molecular complexity index is 733. The lowest BCUT2D eigenvalue weighted by Gasteiger charge is -2.10. The summed E-state index contributed by atoms with van der Waals surface area (Å²) in [6, 6.07) is 11.0. The summed E-state index contributed by atoms with van der Waals surface area (Å²) < 4.78 is 40.0. The molecule has 2 rings (SSSR count). The molecule has 0 atom stereocenters. The lowest BCUT2D eigenvalue weighted by Crippen LogP contribution is -2.16. The number of hydrogen-bond donors (Lipinski definition) is 2. The Morgan fingerprint density at radius 3 is 2.33 bits per heavy atom. The van der Waals surface area contributed by atoms with Crippen LogP contribution in [0.2, 0.25) is 5.02 Å². The highest BCUT2D eigenvalue weighted by molar-refractivity contribution is 7.91. The number of nitrogens with two attached hydrogens (primary N) is 1. The monoisotopic (exact) mass is 328 g/mol. The minimum Gasteiger partial charge on any atom is -0.326 e. The van der Waals surface area contributed by atoms with Gasteiger partial charge in [0.2, 0.25) is 10.0 Å². The van der Waals surface area contributed by atoms with Crippen LogP contribution in [0.1, 0.15) is 11.1 Å². The number of hydrogen-bond acceptors (Lipinski definition) is 3. The largest absolute Gasteiger partial charge is 0.326 e. The van der Waals surface area contributed by atoms with Gasteiger partial charge in [-0.15, -0.1) is 0 Å². The Hall–Kier alpha value is -1.63. The molecule has 0 saturated heterocycles. The van der Waals surface area contributed by atoms with Crippen molar-refractivity contribution in [3.8, 4) is 0 Å². The average Bonchev–Trinajstić information content (AvgIpc) is 2.44. The third-order valence-corrected chi connectivity index (χ3v) is 4.37. The van der Waals surface area contributed by atoms with Crippen molar-refractivity contribution in [1.82, 2.24) is 0 Å². The molecular weight excluding hydrogens is 315 g/mol. The first-order valence-electron chi connectivity index (χ1n) is 6.13. The van der Waals surface area contributed by atoms with Gasteiger partial charge in [-0.05, 0) is 23.3 Å². The number of sulfonamides is 1. The highest BCUT2D eigenvalue weighted by atomic mass is 35.5. The predicted octanol–water partition coefficient (Wildman–Crippen LogP) is 2.88. The Morgan fingerprint density at radius 2 is 1.71 bits per heavy atom. The molecule has 112 valence electrons. The molecule has 0 spiro atoms. The van der Waals surface area contributed by atoms with E-state index < -0.39 is 15.8 Å². The van der Waals surface area contributed by atoms with Crippen molar-refractivity contribution in [3.63, 3.8) is 0 Å². The fourth-order valence-corrected chi connectivity index (χ4v) is 3.15. The van der Waals surface area contributed by atoms with Crippen molar-refractivity contribution in [1.29, 1.82) is 0 Å². The van der Waals surface area contributed by atoms with Crippen LogP contribution in [-0.4, -0.2) is 8.42 Å². The zero-order valence-corrected chi connectivity index (χ0v) is 12.6. The second-order valence-corrected chi connectivity index (χ2v) is 6.61. The Kier molecular flexibility index (Phi) is 4.82. The summed E-state index contributed by atoms with van der Waals surface area (Å²) in [4.78, 5) is 0. The van der Waals surface area contributed by atoms with Gasteiger partial charge in [0.15, 0.2) is 5.82 Å². The van der Waals surface area contributed by atoms with E-state index in [1.54, 1.807) is 24.3 Å². The molecule has 0 aromatic heterocycles. The molecule has 0 bridgehead atoms. The SMILES string of the molecule is NCc1ccc(CS(=O)(=O)Nc2cccc(Cl)c2F)cc1. The third kappa shape index (κ3) is 4.17. The van der Waals surface area contributed by atoms with Crippen LogP contribution in [0.4, 0.5) is 10.1 Å². The molecule has 3 N–H and O–H groups in total. The molecule has 4 nitrogen and oxygen atoms in total. The summed E-state index contributed by atoms with van der Waals surface area (Å²) in [6.07, 6.45) is 0. The number of anilines is 1. The fourth-order valence-electron chi connectivity index (χ4n) is 1.78. The van der Waals surface area contributed by atoms with Crippen molar-refractivity contribution in [2.75, 3.05) is 4.72 Å². The van der Waals surface area contributed by atoms with Crippen LogP contribution in [0, 0.1) is 5.82 Å². The predicted molar refractivity (Wildman–Crippen MR) is 82.0 cm³/mol. The molecule has 21 heavy (non-hydrogen) atoms. The Labute approximate surface area is 127 Å². The van der Waals surface area contributed by atoms with Crippen molar-refractivity contribution >= 4 is 27.3 Å². The molecule has 7 heteroatoms. The van der Waals surface area contributed by atoms with Gasteiger partial charge >= 0.3 is 0 Å². The zero-order valence-electron chi connectivity index (χ0n) is 11.0. The quantitative estimate of drug-likeness (QED) is 0.886. The van der Waals surface area contributed by atoms with E-state index in [1.165, 1.54) is 18.2 Å². The van der Waals surface area contributed by atoms with Crippen LogP contribution in [-0.2, 0) is 22.3 Å². The lowest BCUT2D eigenvalue weighted by molar-refractivity contribution is 0.598. The smallest absolute Gasteiger partial charge is 0.237 e. The van der Waals surface area contributed by atoms with Crippen molar-refractivity contribution in [3.05, 3.63) is 64.4 Å². The van der Waals surface area contributed by atoms with Crippen LogP contribution in [0.3, 0.4) is 0 Å². The van der Waals surface area contributed by atoms with E-state index in [9.17, 15) is 12.8 Å². The number of nitrogens with one attached hydrogen (secondary N) is 1. The molecule has 0 unspecified atom stereocenters. The summed E-state index contributed by atoms with van der Waals surface area (Å²) in [6.45, 7) is 0.388. The molecule has 0 aliphatic heterocycles. The van der Waals surface area contributed by atoms with Gasteiger partial charge in [-0.2, -0.15) is 0 Å². The van der Waals surface area contributed by atoms with E-state index >= 15 is 0 Å². The summed E-state index contributed by atoms with van der Waals surface area (Å²) in [7, 11) is -3.73.